The summed E-state index contributed by atoms with van der Waals surface area (Å²) in [6.45, 7) is 5.65. The Labute approximate surface area is 209 Å². The minimum absolute atomic E-state index is 0.0768. The number of pyridine rings is 1. The molecule has 2 amide bonds. The fraction of sp³-hybridized carbons (Fsp3) is 0.259. The topological polar surface area (TPSA) is 97.9 Å². The van der Waals surface area contributed by atoms with Gasteiger partial charge in [-0.3, -0.25) is 9.59 Å². The normalized spacial score (nSPS) is 15.1. The minimum Gasteiger partial charge on any atom is -0.497 e. The van der Waals surface area contributed by atoms with Crippen molar-refractivity contribution < 1.29 is 14.3 Å². The molecule has 0 spiro atoms. The van der Waals surface area contributed by atoms with Gasteiger partial charge in [-0.1, -0.05) is 54.2 Å². The van der Waals surface area contributed by atoms with Crippen LogP contribution >= 0.6 is 11.8 Å². The molecule has 0 radical (unpaired) electrons. The molecule has 0 aliphatic carbocycles. The van der Waals surface area contributed by atoms with Gasteiger partial charge in [-0.15, -0.1) is 0 Å². The van der Waals surface area contributed by atoms with E-state index in [1.165, 1.54) is 11.8 Å². The number of carbonyl (C=O) groups is 2. The third-order valence-corrected chi connectivity index (χ3v) is 7.28. The van der Waals surface area contributed by atoms with E-state index in [9.17, 15) is 9.59 Å². The maximum atomic E-state index is 13.4. The molecule has 0 bridgehead atoms. The number of amides is 2. The van der Waals surface area contributed by atoms with Crippen molar-refractivity contribution in [1.29, 1.82) is 0 Å². The molecule has 1 unspecified atom stereocenters. The molecule has 0 fully saturated rings. The van der Waals surface area contributed by atoms with Crippen LogP contribution in [0, 0.1) is 20.8 Å². The summed E-state index contributed by atoms with van der Waals surface area (Å²) in [6.07, 6.45) is 0.598. The average Bonchev–Trinajstić information content (AvgIpc) is 3.32. The van der Waals surface area contributed by atoms with Gasteiger partial charge in [0.05, 0.1) is 30.2 Å². The first-order valence-electron chi connectivity index (χ1n) is 11.3. The van der Waals surface area contributed by atoms with Crippen molar-refractivity contribution in [3.05, 3.63) is 88.1 Å². The summed E-state index contributed by atoms with van der Waals surface area (Å²) in [5.74, 6) is 0.108. The predicted molar refractivity (Wildman–Crippen MR) is 138 cm³/mol. The number of nitrogens with two attached hydrogens (primary N) is 1. The SMILES string of the molecule is COc1ccc(C2CC(c3ccccc3)=NN2C(=O)CSc2nc(C)c(C)c(C)c2C(N)=O)cc1. The van der Waals surface area contributed by atoms with E-state index in [2.05, 4.69) is 4.98 Å². The molecule has 1 aliphatic heterocycles. The van der Waals surface area contributed by atoms with Crippen molar-refractivity contribution in [2.75, 3.05) is 12.9 Å². The number of thioether (sulfide) groups is 1. The number of hydrogen-bond acceptors (Lipinski definition) is 6. The van der Waals surface area contributed by atoms with Gasteiger partial charge in [0, 0.05) is 12.1 Å². The van der Waals surface area contributed by atoms with Crippen LogP contribution < -0.4 is 10.5 Å². The number of primary amides is 1. The Morgan fingerprint density at radius 1 is 1.06 bits per heavy atom. The molecular weight excluding hydrogens is 460 g/mol. The Morgan fingerprint density at radius 2 is 1.74 bits per heavy atom. The monoisotopic (exact) mass is 488 g/mol. The molecule has 7 nitrogen and oxygen atoms in total. The minimum atomic E-state index is -0.547. The Morgan fingerprint density at radius 3 is 2.37 bits per heavy atom. The highest BCUT2D eigenvalue weighted by atomic mass is 32.2. The van der Waals surface area contributed by atoms with Crippen LogP contribution in [-0.4, -0.2) is 40.4 Å². The summed E-state index contributed by atoms with van der Waals surface area (Å²) in [6, 6.07) is 17.3. The molecule has 3 aromatic rings. The second-order valence-corrected chi connectivity index (χ2v) is 9.39. The lowest BCUT2D eigenvalue weighted by Gasteiger charge is -2.22. The lowest BCUT2D eigenvalue weighted by molar-refractivity contribution is -0.130. The molecule has 1 aromatic heterocycles. The molecule has 2 heterocycles. The van der Waals surface area contributed by atoms with Gasteiger partial charge in [0.2, 0.25) is 0 Å². The third-order valence-electron chi connectivity index (χ3n) is 6.32. The number of ether oxygens (including phenoxy) is 1. The lowest BCUT2D eigenvalue weighted by atomic mass is 9.98. The van der Waals surface area contributed by atoms with E-state index >= 15 is 0 Å². The Hall–Kier alpha value is -3.65. The molecule has 2 N–H and O–H groups in total. The van der Waals surface area contributed by atoms with Crippen molar-refractivity contribution in [2.45, 2.75) is 38.3 Å². The van der Waals surface area contributed by atoms with Crippen LogP contribution in [0.25, 0.3) is 0 Å². The van der Waals surface area contributed by atoms with Crippen molar-refractivity contribution in [3.63, 3.8) is 0 Å². The number of aryl methyl sites for hydroxylation is 1. The number of hydrazone groups is 1. The number of methoxy groups -OCH3 is 1. The van der Waals surface area contributed by atoms with Crippen LogP contribution in [0.2, 0.25) is 0 Å². The zero-order valence-electron chi connectivity index (χ0n) is 20.2. The molecule has 1 atom stereocenters. The Balaban J connectivity index is 1.62. The standard InChI is InChI=1S/C27H28N4O3S/c1-16-17(2)25(26(28)33)27(29-18(16)3)35-15-24(32)31-23(20-10-12-21(34-4)13-11-20)14-22(30-31)19-8-6-5-7-9-19/h5-13,23H,14-15H2,1-4H3,(H2,28,33). The predicted octanol–water partition coefficient (Wildman–Crippen LogP) is 4.58. The molecular formula is C27H28N4O3S. The fourth-order valence-electron chi connectivity index (χ4n) is 4.13. The van der Waals surface area contributed by atoms with Crippen molar-refractivity contribution in [3.8, 4) is 5.75 Å². The first-order valence-corrected chi connectivity index (χ1v) is 12.3. The lowest BCUT2D eigenvalue weighted by Crippen LogP contribution is -2.28. The van der Waals surface area contributed by atoms with Crippen LogP contribution in [-0.2, 0) is 4.79 Å². The highest BCUT2D eigenvalue weighted by molar-refractivity contribution is 8.00. The van der Waals surface area contributed by atoms with Gasteiger partial charge < -0.3 is 10.5 Å². The van der Waals surface area contributed by atoms with Crippen LogP contribution in [0.4, 0.5) is 0 Å². The van der Waals surface area contributed by atoms with Gasteiger partial charge in [0.25, 0.3) is 11.8 Å². The van der Waals surface area contributed by atoms with E-state index in [0.29, 0.717) is 17.0 Å². The Bertz CT molecular complexity index is 1290. The summed E-state index contributed by atoms with van der Waals surface area (Å²) < 4.78 is 5.29. The maximum Gasteiger partial charge on any atom is 0.253 e. The number of hydrogen-bond donors (Lipinski definition) is 1. The van der Waals surface area contributed by atoms with Crippen molar-refractivity contribution in [2.24, 2.45) is 10.8 Å². The summed E-state index contributed by atoms with van der Waals surface area (Å²) in [7, 11) is 1.62. The van der Waals surface area contributed by atoms with E-state index < -0.39 is 5.91 Å². The molecule has 1 aliphatic rings. The summed E-state index contributed by atoms with van der Waals surface area (Å²) in [4.78, 5) is 30.1. The van der Waals surface area contributed by atoms with Gasteiger partial charge in [0.15, 0.2) is 0 Å². The quantitative estimate of drug-likeness (QED) is 0.491. The molecule has 180 valence electrons. The van der Waals surface area contributed by atoms with E-state index in [4.69, 9.17) is 15.6 Å². The van der Waals surface area contributed by atoms with Gasteiger partial charge in [-0.25, -0.2) is 9.99 Å². The summed E-state index contributed by atoms with van der Waals surface area (Å²) >= 11 is 1.22. The largest absolute Gasteiger partial charge is 0.497 e. The molecule has 4 rings (SSSR count). The highest BCUT2D eigenvalue weighted by Gasteiger charge is 2.33. The summed E-state index contributed by atoms with van der Waals surface area (Å²) in [5.41, 5.74) is 11.3. The molecule has 8 heteroatoms. The van der Waals surface area contributed by atoms with Gasteiger partial charge in [0.1, 0.15) is 10.8 Å². The smallest absolute Gasteiger partial charge is 0.253 e. The van der Waals surface area contributed by atoms with E-state index in [0.717, 1.165) is 39.4 Å². The van der Waals surface area contributed by atoms with E-state index in [1.54, 1.807) is 12.1 Å². The van der Waals surface area contributed by atoms with Gasteiger partial charge in [-0.05, 0) is 55.2 Å². The van der Waals surface area contributed by atoms with Crippen molar-refractivity contribution >= 4 is 29.3 Å². The summed E-state index contributed by atoms with van der Waals surface area (Å²) in [5, 5.41) is 6.74. The number of carbonyl (C=O) groups excluding carboxylic acids is 2. The van der Waals surface area contributed by atoms with Gasteiger partial charge in [-0.2, -0.15) is 5.10 Å². The average molecular weight is 489 g/mol. The third kappa shape index (κ3) is 5.07. The first-order chi connectivity index (χ1) is 16.8. The molecule has 35 heavy (non-hydrogen) atoms. The Kier molecular flexibility index (Phi) is 7.21. The highest BCUT2D eigenvalue weighted by Crippen LogP contribution is 2.35. The fourth-order valence-corrected chi connectivity index (χ4v) is 5.13. The zero-order valence-corrected chi connectivity index (χ0v) is 21.1. The zero-order chi connectivity index (χ0) is 25.1. The number of aromatic nitrogens is 1. The number of nitrogens with zero attached hydrogens (tertiary/aromatic N) is 3. The molecule has 0 saturated heterocycles. The molecule has 2 aromatic carbocycles. The maximum absolute atomic E-state index is 13.4. The second-order valence-electron chi connectivity index (χ2n) is 8.42. The van der Waals surface area contributed by atoms with Gasteiger partial charge >= 0.3 is 0 Å². The van der Waals surface area contributed by atoms with Crippen LogP contribution in [0.1, 0.15) is 50.8 Å². The van der Waals surface area contributed by atoms with E-state index in [1.807, 2.05) is 75.4 Å². The van der Waals surface area contributed by atoms with Crippen LogP contribution in [0.5, 0.6) is 5.75 Å². The van der Waals surface area contributed by atoms with Crippen molar-refractivity contribution in [1.82, 2.24) is 9.99 Å². The molecule has 0 saturated carbocycles. The first kappa shape index (κ1) is 24.5. The number of rotatable bonds is 7. The number of benzene rings is 2. The van der Waals surface area contributed by atoms with Crippen LogP contribution in [0.3, 0.4) is 0 Å². The van der Waals surface area contributed by atoms with Crippen LogP contribution in [0.15, 0.2) is 64.7 Å². The van der Waals surface area contributed by atoms with E-state index in [-0.39, 0.29) is 17.7 Å². The second kappa shape index (κ2) is 10.3.